The molecule has 0 aliphatic carbocycles. The molecule has 0 fully saturated rings. The monoisotopic (exact) mass is 219 g/mol. The van der Waals surface area contributed by atoms with Crippen LogP contribution in [-0.4, -0.2) is 23.6 Å². The van der Waals surface area contributed by atoms with E-state index in [1.165, 1.54) is 5.56 Å². The van der Waals surface area contributed by atoms with Crippen molar-refractivity contribution >= 4 is 0 Å². The Bertz CT molecular complexity index is 305. The van der Waals surface area contributed by atoms with E-state index in [1.807, 2.05) is 18.2 Å². The molecule has 0 bridgehead atoms. The highest BCUT2D eigenvalue weighted by molar-refractivity contribution is 5.21. The van der Waals surface area contributed by atoms with Gasteiger partial charge in [-0.15, -0.1) is 6.58 Å². The Labute approximate surface area is 98.2 Å². The lowest BCUT2D eigenvalue weighted by molar-refractivity contribution is 0.281. The molecule has 2 nitrogen and oxygen atoms in total. The molecule has 0 unspecified atom stereocenters. The van der Waals surface area contributed by atoms with Gasteiger partial charge in [-0.2, -0.15) is 0 Å². The normalized spacial score (nSPS) is 10.7. The number of hydrogen-bond acceptors (Lipinski definition) is 2. The molecular weight excluding hydrogens is 198 g/mol. The molecule has 0 atom stereocenters. The van der Waals surface area contributed by atoms with Gasteiger partial charge in [0.1, 0.15) is 0 Å². The molecule has 0 aliphatic rings. The minimum absolute atomic E-state index is 0.120. The zero-order valence-electron chi connectivity index (χ0n) is 10.0. The summed E-state index contributed by atoms with van der Waals surface area (Å²) in [5.74, 6) is 0. The number of rotatable bonds is 7. The van der Waals surface area contributed by atoms with Crippen molar-refractivity contribution in [3.05, 3.63) is 48.0 Å². The molecule has 88 valence electrons. The first-order valence-electron chi connectivity index (χ1n) is 5.74. The van der Waals surface area contributed by atoms with E-state index in [0.29, 0.717) is 0 Å². The van der Waals surface area contributed by atoms with E-state index in [4.69, 9.17) is 5.11 Å². The van der Waals surface area contributed by atoms with Gasteiger partial charge in [-0.1, -0.05) is 30.3 Å². The van der Waals surface area contributed by atoms with E-state index in [0.717, 1.165) is 31.5 Å². The van der Waals surface area contributed by atoms with Crippen molar-refractivity contribution in [3.8, 4) is 0 Å². The van der Waals surface area contributed by atoms with E-state index >= 15 is 0 Å². The van der Waals surface area contributed by atoms with Gasteiger partial charge in [-0.25, -0.2) is 0 Å². The Morgan fingerprint density at radius 2 is 1.88 bits per heavy atom. The Kier molecular flexibility index (Phi) is 5.83. The lowest BCUT2D eigenvalue weighted by Gasteiger charge is -2.16. The predicted molar refractivity (Wildman–Crippen MR) is 68.1 cm³/mol. The maximum absolute atomic E-state index is 8.93. The molecule has 16 heavy (non-hydrogen) atoms. The Morgan fingerprint density at radius 1 is 1.25 bits per heavy atom. The fourth-order valence-corrected chi connectivity index (χ4v) is 1.65. The van der Waals surface area contributed by atoms with Crippen LogP contribution in [0.2, 0.25) is 0 Å². The van der Waals surface area contributed by atoms with Crippen LogP contribution in [0.5, 0.6) is 0 Å². The third-order valence-corrected chi connectivity index (χ3v) is 2.61. The van der Waals surface area contributed by atoms with Gasteiger partial charge in [-0.05, 0) is 37.6 Å². The third kappa shape index (κ3) is 4.60. The quantitative estimate of drug-likeness (QED) is 0.563. The van der Waals surface area contributed by atoms with E-state index in [9.17, 15) is 0 Å². The predicted octanol–water partition coefficient (Wildman–Crippen LogP) is 2.58. The van der Waals surface area contributed by atoms with Crippen molar-refractivity contribution in [1.82, 2.24) is 4.90 Å². The molecule has 1 aromatic carbocycles. The standard InChI is InChI=1S/C14H21NO/c1-3-4-5-10-15(2)11-13-6-8-14(12-16)9-7-13/h3,6-9,16H,1,4-5,10-12H2,2H3. The van der Waals surface area contributed by atoms with Crippen LogP contribution in [-0.2, 0) is 13.2 Å². The second kappa shape index (κ2) is 7.20. The van der Waals surface area contributed by atoms with Crippen molar-refractivity contribution in [1.29, 1.82) is 0 Å². The number of aliphatic hydroxyl groups is 1. The van der Waals surface area contributed by atoms with Crippen LogP contribution < -0.4 is 0 Å². The highest BCUT2D eigenvalue weighted by Gasteiger charge is 1.99. The average Bonchev–Trinajstić information content (AvgIpc) is 2.30. The van der Waals surface area contributed by atoms with Crippen LogP contribution in [0.25, 0.3) is 0 Å². The van der Waals surface area contributed by atoms with Crippen molar-refractivity contribution in [2.75, 3.05) is 13.6 Å². The van der Waals surface area contributed by atoms with E-state index < -0.39 is 0 Å². The molecule has 0 radical (unpaired) electrons. The van der Waals surface area contributed by atoms with E-state index in [-0.39, 0.29) is 6.61 Å². The summed E-state index contributed by atoms with van der Waals surface area (Å²) >= 11 is 0. The zero-order chi connectivity index (χ0) is 11.8. The fourth-order valence-electron chi connectivity index (χ4n) is 1.65. The summed E-state index contributed by atoms with van der Waals surface area (Å²) in [6, 6.07) is 8.12. The summed E-state index contributed by atoms with van der Waals surface area (Å²) in [5.41, 5.74) is 2.26. The first kappa shape index (κ1) is 12.9. The van der Waals surface area contributed by atoms with Crippen LogP contribution >= 0.6 is 0 Å². The minimum Gasteiger partial charge on any atom is -0.392 e. The Balaban J connectivity index is 2.37. The maximum Gasteiger partial charge on any atom is 0.0681 e. The van der Waals surface area contributed by atoms with Gasteiger partial charge < -0.3 is 10.0 Å². The molecule has 0 heterocycles. The summed E-state index contributed by atoms with van der Waals surface area (Å²) in [5, 5.41) is 8.93. The van der Waals surface area contributed by atoms with Gasteiger partial charge in [0.25, 0.3) is 0 Å². The molecule has 0 aromatic heterocycles. The molecule has 0 saturated carbocycles. The number of unbranched alkanes of at least 4 members (excludes halogenated alkanes) is 1. The number of nitrogens with zero attached hydrogens (tertiary/aromatic N) is 1. The minimum atomic E-state index is 0.120. The van der Waals surface area contributed by atoms with Crippen molar-refractivity contribution in [3.63, 3.8) is 0 Å². The molecule has 0 saturated heterocycles. The molecule has 2 heteroatoms. The maximum atomic E-state index is 8.93. The number of allylic oxidation sites excluding steroid dienone is 1. The number of hydrogen-bond donors (Lipinski definition) is 1. The van der Waals surface area contributed by atoms with Gasteiger partial charge in [0.2, 0.25) is 0 Å². The topological polar surface area (TPSA) is 23.5 Å². The fraction of sp³-hybridized carbons (Fsp3) is 0.429. The van der Waals surface area contributed by atoms with Crippen LogP contribution in [0.3, 0.4) is 0 Å². The van der Waals surface area contributed by atoms with Crippen LogP contribution in [0.4, 0.5) is 0 Å². The van der Waals surface area contributed by atoms with E-state index in [2.05, 4.69) is 30.7 Å². The molecule has 1 N–H and O–H groups in total. The summed E-state index contributed by atoms with van der Waals surface area (Å²) in [7, 11) is 2.13. The van der Waals surface area contributed by atoms with Crippen LogP contribution in [0.1, 0.15) is 24.0 Å². The summed E-state index contributed by atoms with van der Waals surface area (Å²) in [6.07, 6.45) is 4.20. The third-order valence-electron chi connectivity index (χ3n) is 2.61. The average molecular weight is 219 g/mol. The number of aliphatic hydroxyl groups excluding tert-OH is 1. The van der Waals surface area contributed by atoms with Gasteiger partial charge >= 0.3 is 0 Å². The molecule has 1 aromatic rings. The van der Waals surface area contributed by atoms with E-state index in [1.54, 1.807) is 0 Å². The molecular formula is C14H21NO. The summed E-state index contributed by atoms with van der Waals surface area (Å²) in [6.45, 7) is 5.89. The summed E-state index contributed by atoms with van der Waals surface area (Å²) < 4.78 is 0. The molecule has 0 amide bonds. The lowest BCUT2D eigenvalue weighted by Crippen LogP contribution is -2.18. The zero-order valence-corrected chi connectivity index (χ0v) is 10.0. The molecule has 0 spiro atoms. The van der Waals surface area contributed by atoms with Gasteiger partial charge in [-0.3, -0.25) is 0 Å². The van der Waals surface area contributed by atoms with Gasteiger partial charge in [0.15, 0.2) is 0 Å². The first-order valence-corrected chi connectivity index (χ1v) is 5.74. The largest absolute Gasteiger partial charge is 0.392 e. The van der Waals surface area contributed by atoms with Gasteiger partial charge in [0.05, 0.1) is 6.61 Å². The van der Waals surface area contributed by atoms with Gasteiger partial charge in [0, 0.05) is 6.54 Å². The molecule has 0 aliphatic heterocycles. The SMILES string of the molecule is C=CCCCN(C)Cc1ccc(CO)cc1. The van der Waals surface area contributed by atoms with Crippen molar-refractivity contribution < 1.29 is 5.11 Å². The number of benzene rings is 1. The second-order valence-electron chi connectivity index (χ2n) is 4.14. The van der Waals surface area contributed by atoms with Crippen molar-refractivity contribution in [2.24, 2.45) is 0 Å². The highest BCUT2D eigenvalue weighted by atomic mass is 16.3. The Morgan fingerprint density at radius 3 is 2.44 bits per heavy atom. The highest BCUT2D eigenvalue weighted by Crippen LogP contribution is 2.07. The lowest BCUT2D eigenvalue weighted by atomic mass is 10.1. The second-order valence-corrected chi connectivity index (χ2v) is 4.14. The summed E-state index contributed by atoms with van der Waals surface area (Å²) in [4.78, 5) is 2.30. The van der Waals surface area contributed by atoms with Crippen LogP contribution in [0.15, 0.2) is 36.9 Å². The Hall–Kier alpha value is -1.12. The smallest absolute Gasteiger partial charge is 0.0681 e. The van der Waals surface area contributed by atoms with Crippen molar-refractivity contribution in [2.45, 2.75) is 26.0 Å². The first-order chi connectivity index (χ1) is 7.76. The molecule has 1 rings (SSSR count). The van der Waals surface area contributed by atoms with Crippen LogP contribution in [0, 0.1) is 0 Å².